The first kappa shape index (κ1) is 22.6. The van der Waals surface area contributed by atoms with Crippen LogP contribution in [0.2, 0.25) is 0 Å². The van der Waals surface area contributed by atoms with Gasteiger partial charge < -0.3 is 10.2 Å². The number of likely N-dealkylation sites (tertiary alicyclic amines) is 1. The average Bonchev–Trinajstić information content (AvgIpc) is 3.28. The van der Waals surface area contributed by atoms with E-state index in [1.54, 1.807) is 0 Å². The third-order valence-electron chi connectivity index (χ3n) is 7.16. The molecule has 2 heterocycles. The van der Waals surface area contributed by atoms with Crippen LogP contribution in [-0.4, -0.2) is 46.3 Å². The van der Waals surface area contributed by atoms with Crippen molar-refractivity contribution < 1.29 is 4.79 Å². The number of carbonyl (C=O) groups is 1. The Bertz CT molecular complexity index is 1130. The van der Waals surface area contributed by atoms with Crippen LogP contribution in [0, 0.1) is 0 Å². The number of aromatic nitrogens is 2. The van der Waals surface area contributed by atoms with Gasteiger partial charge in [0.1, 0.15) is 5.69 Å². The molecule has 34 heavy (non-hydrogen) atoms. The quantitative estimate of drug-likeness (QED) is 0.556. The Labute approximate surface area is 202 Å². The molecular formula is C29H34N4O. The number of hydrogen-bond acceptors (Lipinski definition) is 3. The monoisotopic (exact) mass is 454 g/mol. The smallest absolute Gasteiger partial charge is 0.272 e. The first-order valence-electron chi connectivity index (χ1n) is 12.6. The second-order valence-electron chi connectivity index (χ2n) is 9.46. The van der Waals surface area contributed by atoms with Crippen molar-refractivity contribution in [3.63, 3.8) is 0 Å². The van der Waals surface area contributed by atoms with Gasteiger partial charge in [0.05, 0.1) is 11.4 Å². The molecule has 3 aromatic rings. The number of rotatable bonds is 7. The Morgan fingerprint density at radius 1 is 1.06 bits per heavy atom. The summed E-state index contributed by atoms with van der Waals surface area (Å²) in [6.07, 6.45) is 9.02. The van der Waals surface area contributed by atoms with E-state index in [1.807, 2.05) is 39.9 Å². The molecule has 1 aromatic heterocycles. The molecule has 176 valence electrons. The SMILES string of the molecule is C=Cc1ccc(-n2nc3c(c2C(=O)N2CCCCC2)CC(NCCc2ccccc2)CC3)cc1. The molecule has 2 aromatic carbocycles. The zero-order chi connectivity index (χ0) is 23.3. The lowest BCUT2D eigenvalue weighted by molar-refractivity contribution is 0.0713. The second-order valence-corrected chi connectivity index (χ2v) is 9.46. The molecular weight excluding hydrogens is 420 g/mol. The molecule has 1 saturated heterocycles. The van der Waals surface area contributed by atoms with E-state index in [4.69, 9.17) is 5.10 Å². The summed E-state index contributed by atoms with van der Waals surface area (Å²) >= 11 is 0. The van der Waals surface area contributed by atoms with Crippen molar-refractivity contribution in [2.24, 2.45) is 0 Å². The third-order valence-corrected chi connectivity index (χ3v) is 7.16. The Kier molecular flexibility index (Phi) is 6.91. The summed E-state index contributed by atoms with van der Waals surface area (Å²) in [6.45, 7) is 6.48. The van der Waals surface area contributed by atoms with Crippen molar-refractivity contribution in [3.05, 3.63) is 89.3 Å². The molecule has 1 aliphatic carbocycles. The van der Waals surface area contributed by atoms with E-state index in [-0.39, 0.29) is 5.91 Å². The minimum Gasteiger partial charge on any atom is -0.337 e. The first-order chi connectivity index (χ1) is 16.7. The van der Waals surface area contributed by atoms with Crippen LogP contribution < -0.4 is 5.32 Å². The number of fused-ring (bicyclic) bond motifs is 1. The fraction of sp³-hybridized carbons (Fsp3) is 0.379. The fourth-order valence-electron chi connectivity index (χ4n) is 5.21. The maximum atomic E-state index is 13.8. The molecule has 0 bridgehead atoms. The van der Waals surface area contributed by atoms with E-state index in [1.165, 1.54) is 12.0 Å². The standard InChI is InChI=1S/C29H34N4O/c1-2-22-11-14-25(15-12-22)33-28(29(34)32-19-7-4-8-20-32)26-21-24(13-16-27(26)31-33)30-18-17-23-9-5-3-6-10-23/h2-3,5-6,9-12,14-15,24,30H,1,4,7-8,13,16-21H2. The van der Waals surface area contributed by atoms with Gasteiger partial charge in [-0.2, -0.15) is 5.10 Å². The van der Waals surface area contributed by atoms with Crippen LogP contribution in [0.1, 0.15) is 58.6 Å². The van der Waals surface area contributed by atoms with Crippen LogP contribution in [0.5, 0.6) is 0 Å². The highest BCUT2D eigenvalue weighted by atomic mass is 16.2. The lowest BCUT2D eigenvalue weighted by Crippen LogP contribution is -2.39. The highest BCUT2D eigenvalue weighted by Crippen LogP contribution is 2.29. The van der Waals surface area contributed by atoms with E-state index in [0.717, 1.165) is 86.4 Å². The van der Waals surface area contributed by atoms with E-state index in [0.29, 0.717) is 6.04 Å². The lowest BCUT2D eigenvalue weighted by atomic mass is 9.91. The van der Waals surface area contributed by atoms with Gasteiger partial charge in [0, 0.05) is 24.7 Å². The molecule has 5 nitrogen and oxygen atoms in total. The lowest BCUT2D eigenvalue weighted by Gasteiger charge is -2.28. The third kappa shape index (κ3) is 4.85. The van der Waals surface area contributed by atoms with Gasteiger partial charge in [0.15, 0.2) is 0 Å². The van der Waals surface area contributed by atoms with Crippen LogP contribution in [0.3, 0.4) is 0 Å². The predicted molar refractivity (Wildman–Crippen MR) is 137 cm³/mol. The first-order valence-corrected chi connectivity index (χ1v) is 12.6. The Morgan fingerprint density at radius 3 is 2.56 bits per heavy atom. The summed E-state index contributed by atoms with van der Waals surface area (Å²) < 4.78 is 1.90. The average molecular weight is 455 g/mol. The molecule has 0 spiro atoms. The van der Waals surface area contributed by atoms with Crippen molar-refractivity contribution in [2.45, 2.75) is 51.0 Å². The van der Waals surface area contributed by atoms with Crippen molar-refractivity contribution >= 4 is 12.0 Å². The van der Waals surface area contributed by atoms with E-state index >= 15 is 0 Å². The van der Waals surface area contributed by atoms with Crippen LogP contribution in [0.25, 0.3) is 11.8 Å². The molecule has 5 heteroatoms. The van der Waals surface area contributed by atoms with Gasteiger partial charge in [0.25, 0.3) is 5.91 Å². The van der Waals surface area contributed by atoms with E-state index in [2.05, 4.69) is 42.2 Å². The van der Waals surface area contributed by atoms with Gasteiger partial charge in [-0.15, -0.1) is 0 Å². The number of amides is 1. The number of nitrogens with one attached hydrogen (secondary N) is 1. The van der Waals surface area contributed by atoms with E-state index in [9.17, 15) is 4.79 Å². The summed E-state index contributed by atoms with van der Waals surface area (Å²) in [5, 5.41) is 8.72. The number of piperidine rings is 1. The van der Waals surface area contributed by atoms with Crippen LogP contribution in [-0.2, 0) is 19.3 Å². The fourth-order valence-corrected chi connectivity index (χ4v) is 5.21. The van der Waals surface area contributed by atoms with Gasteiger partial charge >= 0.3 is 0 Å². The van der Waals surface area contributed by atoms with Crippen molar-refractivity contribution in [1.82, 2.24) is 20.0 Å². The molecule has 1 fully saturated rings. The Balaban J connectivity index is 1.40. The number of aryl methyl sites for hydroxylation is 1. The summed E-state index contributed by atoms with van der Waals surface area (Å²) in [6, 6.07) is 19.1. The van der Waals surface area contributed by atoms with Gasteiger partial charge in [0.2, 0.25) is 0 Å². The Hall–Kier alpha value is -3.18. The number of nitrogens with zero attached hydrogens (tertiary/aromatic N) is 3. The maximum absolute atomic E-state index is 13.8. The summed E-state index contributed by atoms with van der Waals surface area (Å²) in [7, 11) is 0. The zero-order valence-electron chi connectivity index (χ0n) is 19.9. The summed E-state index contributed by atoms with van der Waals surface area (Å²) in [4.78, 5) is 15.8. The molecule has 1 atom stereocenters. The maximum Gasteiger partial charge on any atom is 0.272 e. The minimum absolute atomic E-state index is 0.131. The van der Waals surface area contributed by atoms with Crippen LogP contribution in [0.4, 0.5) is 0 Å². The van der Waals surface area contributed by atoms with Crippen LogP contribution >= 0.6 is 0 Å². The largest absolute Gasteiger partial charge is 0.337 e. The van der Waals surface area contributed by atoms with Crippen molar-refractivity contribution in [2.75, 3.05) is 19.6 Å². The number of carbonyl (C=O) groups excluding carboxylic acids is 1. The van der Waals surface area contributed by atoms with E-state index < -0.39 is 0 Å². The number of benzene rings is 2. The summed E-state index contributed by atoms with van der Waals surface area (Å²) in [5.74, 6) is 0.131. The molecule has 1 unspecified atom stereocenters. The zero-order valence-corrected chi connectivity index (χ0v) is 19.9. The van der Waals surface area contributed by atoms with Gasteiger partial charge in [-0.1, -0.05) is 55.1 Å². The normalized spacial score (nSPS) is 17.9. The predicted octanol–water partition coefficient (Wildman–Crippen LogP) is 4.83. The van der Waals surface area contributed by atoms with Gasteiger partial charge in [-0.3, -0.25) is 4.79 Å². The van der Waals surface area contributed by atoms with Gasteiger partial charge in [-0.25, -0.2) is 4.68 Å². The molecule has 5 rings (SSSR count). The Morgan fingerprint density at radius 2 is 1.82 bits per heavy atom. The minimum atomic E-state index is 0.131. The molecule has 1 aliphatic heterocycles. The van der Waals surface area contributed by atoms with Crippen molar-refractivity contribution in [3.8, 4) is 5.69 Å². The molecule has 0 saturated carbocycles. The highest BCUT2D eigenvalue weighted by Gasteiger charge is 2.32. The van der Waals surface area contributed by atoms with Crippen molar-refractivity contribution in [1.29, 1.82) is 0 Å². The topological polar surface area (TPSA) is 50.2 Å². The summed E-state index contributed by atoms with van der Waals surface area (Å²) in [5.41, 5.74) is 6.32. The molecule has 1 amide bonds. The highest BCUT2D eigenvalue weighted by molar-refractivity contribution is 5.95. The molecule has 1 N–H and O–H groups in total. The molecule has 2 aliphatic rings. The molecule has 0 radical (unpaired) electrons. The number of hydrogen-bond donors (Lipinski definition) is 1. The van der Waals surface area contributed by atoms with Crippen LogP contribution in [0.15, 0.2) is 61.2 Å². The van der Waals surface area contributed by atoms with Gasteiger partial charge in [-0.05, 0) is 74.8 Å². The second kappa shape index (κ2) is 10.4.